The molecule has 1 fully saturated rings. The number of hydrogen-bond acceptors (Lipinski definition) is 3. The Morgan fingerprint density at radius 1 is 1.21 bits per heavy atom. The molecule has 4 rings (SSSR count). The van der Waals surface area contributed by atoms with Gasteiger partial charge in [0.2, 0.25) is 5.91 Å². The quantitative estimate of drug-likeness (QED) is 0.633. The van der Waals surface area contributed by atoms with Crippen molar-refractivity contribution in [1.82, 2.24) is 0 Å². The van der Waals surface area contributed by atoms with Crippen molar-refractivity contribution in [3.63, 3.8) is 0 Å². The van der Waals surface area contributed by atoms with Gasteiger partial charge in [-0.3, -0.25) is 4.79 Å². The van der Waals surface area contributed by atoms with Crippen molar-refractivity contribution >= 4 is 28.6 Å². The number of amides is 1. The topological polar surface area (TPSA) is 32.3 Å². The summed E-state index contributed by atoms with van der Waals surface area (Å²) in [5.74, 6) is -0.601. The maximum atomic E-state index is 13.5. The lowest BCUT2D eigenvalue weighted by Crippen LogP contribution is -2.30. The van der Waals surface area contributed by atoms with Gasteiger partial charge in [0, 0.05) is 29.2 Å². The predicted octanol–water partition coefficient (Wildman–Crippen LogP) is 5.74. The van der Waals surface area contributed by atoms with Gasteiger partial charge in [0.15, 0.2) is 5.13 Å². The van der Waals surface area contributed by atoms with Crippen molar-refractivity contribution in [2.45, 2.75) is 52.3 Å². The molecule has 29 heavy (non-hydrogen) atoms. The average Bonchev–Trinajstić information content (AvgIpc) is 3.31. The van der Waals surface area contributed by atoms with Gasteiger partial charge >= 0.3 is 6.18 Å². The summed E-state index contributed by atoms with van der Waals surface area (Å²) in [4.78, 5) is 15.5. The summed E-state index contributed by atoms with van der Waals surface area (Å²) in [6, 6.07) is 5.45. The van der Waals surface area contributed by atoms with Crippen LogP contribution in [0.4, 0.5) is 28.9 Å². The normalized spacial score (nSPS) is 17.8. The molecule has 0 bridgehead atoms. The van der Waals surface area contributed by atoms with Gasteiger partial charge < -0.3 is 10.2 Å². The number of rotatable bonds is 4. The number of nitrogens with one attached hydrogen (secondary N) is 1. The lowest BCUT2D eigenvalue weighted by atomic mass is 10.0. The number of carbonyl (C=O) groups is 1. The molecule has 1 aromatic heterocycles. The van der Waals surface area contributed by atoms with Crippen LogP contribution in [-0.2, 0) is 17.8 Å². The van der Waals surface area contributed by atoms with Crippen LogP contribution < -0.4 is 10.2 Å². The number of nitrogens with zero attached hydrogens (tertiary/aromatic N) is 1. The van der Waals surface area contributed by atoms with Gasteiger partial charge in [0.05, 0.1) is 12.0 Å². The monoisotopic (exact) mass is 426 g/mol. The van der Waals surface area contributed by atoms with E-state index >= 15 is 0 Å². The van der Waals surface area contributed by atoms with E-state index in [1.165, 1.54) is 0 Å². The molecule has 1 aliphatic heterocycles. The van der Waals surface area contributed by atoms with Crippen LogP contribution in [0.2, 0.25) is 0 Å². The molecule has 0 atom stereocenters. The van der Waals surface area contributed by atoms with E-state index < -0.39 is 23.9 Å². The lowest BCUT2D eigenvalue weighted by Gasteiger charge is -2.30. The van der Waals surface area contributed by atoms with Crippen molar-refractivity contribution in [3.05, 3.63) is 44.9 Å². The Morgan fingerprint density at radius 3 is 2.45 bits per heavy atom. The first-order valence-corrected chi connectivity index (χ1v) is 10.4. The average molecular weight is 426 g/mol. The number of fused-ring (bicyclic) bond motifs is 1. The molecule has 0 saturated heterocycles. The zero-order chi connectivity index (χ0) is 21.0. The third kappa shape index (κ3) is 3.86. The van der Waals surface area contributed by atoms with E-state index in [9.17, 15) is 22.4 Å². The molecule has 1 amide bonds. The molecule has 0 unspecified atom stereocenters. The van der Waals surface area contributed by atoms with Gasteiger partial charge in [-0.2, -0.15) is 17.6 Å². The van der Waals surface area contributed by atoms with Gasteiger partial charge in [0.1, 0.15) is 0 Å². The summed E-state index contributed by atoms with van der Waals surface area (Å²) in [6.07, 6.45) is -4.07. The molecule has 2 heterocycles. The summed E-state index contributed by atoms with van der Waals surface area (Å²) in [5.41, 5.74) is 2.34. The Balaban J connectivity index is 1.49. The second-order valence-electron chi connectivity index (χ2n) is 8.13. The number of carbonyl (C=O) groups excluding carboxylic acids is 1. The molecule has 0 radical (unpaired) electrons. The van der Waals surface area contributed by atoms with E-state index in [0.29, 0.717) is 12.2 Å². The van der Waals surface area contributed by atoms with Gasteiger partial charge in [0.25, 0.3) is 0 Å². The first-order valence-electron chi connectivity index (χ1n) is 9.58. The van der Waals surface area contributed by atoms with Crippen molar-refractivity contribution in [2.75, 3.05) is 16.8 Å². The van der Waals surface area contributed by atoms with Gasteiger partial charge in [-0.1, -0.05) is 0 Å². The molecule has 1 aromatic carbocycles. The SMILES string of the molecule is Cc1cc(N2CCc3cc(F)sc3C2)cc(C)c1NC(=O)CC1(C(F)(F)F)CC1. The minimum atomic E-state index is -4.34. The summed E-state index contributed by atoms with van der Waals surface area (Å²) >= 11 is 1.16. The van der Waals surface area contributed by atoms with Crippen LogP contribution in [0.1, 0.15) is 40.8 Å². The highest BCUT2D eigenvalue weighted by atomic mass is 32.1. The number of anilines is 2. The Kier molecular flexibility index (Phi) is 4.88. The van der Waals surface area contributed by atoms with Crippen LogP contribution in [0.3, 0.4) is 0 Å². The number of halogens is 4. The molecule has 0 spiro atoms. The number of thiophene rings is 1. The van der Waals surface area contributed by atoms with E-state index in [2.05, 4.69) is 10.2 Å². The van der Waals surface area contributed by atoms with Crippen LogP contribution in [0.5, 0.6) is 0 Å². The van der Waals surface area contributed by atoms with Gasteiger partial charge in [-0.15, -0.1) is 11.3 Å². The second kappa shape index (κ2) is 7.00. The largest absolute Gasteiger partial charge is 0.395 e. The zero-order valence-electron chi connectivity index (χ0n) is 16.3. The minimum absolute atomic E-state index is 0.0150. The smallest absolute Gasteiger partial charge is 0.366 e. The highest BCUT2D eigenvalue weighted by Gasteiger charge is 2.63. The zero-order valence-corrected chi connectivity index (χ0v) is 17.1. The van der Waals surface area contributed by atoms with Crippen molar-refractivity contribution in [1.29, 1.82) is 0 Å². The maximum absolute atomic E-state index is 13.5. The number of alkyl halides is 3. The van der Waals surface area contributed by atoms with Crippen LogP contribution in [0.15, 0.2) is 18.2 Å². The Morgan fingerprint density at radius 2 is 1.86 bits per heavy atom. The molecule has 156 valence electrons. The maximum Gasteiger partial charge on any atom is 0.395 e. The third-order valence-corrected chi connectivity index (χ3v) is 6.90. The van der Waals surface area contributed by atoms with Crippen LogP contribution >= 0.6 is 11.3 Å². The van der Waals surface area contributed by atoms with E-state index in [4.69, 9.17) is 0 Å². The van der Waals surface area contributed by atoms with Crippen LogP contribution in [-0.4, -0.2) is 18.6 Å². The first kappa shape index (κ1) is 20.2. The van der Waals surface area contributed by atoms with Crippen LogP contribution in [0, 0.1) is 24.4 Å². The number of benzene rings is 1. The van der Waals surface area contributed by atoms with Gasteiger partial charge in [-0.25, -0.2) is 0 Å². The molecule has 8 heteroatoms. The molecule has 2 aliphatic rings. The summed E-state index contributed by atoms with van der Waals surface area (Å²) in [7, 11) is 0. The first-order chi connectivity index (χ1) is 13.6. The summed E-state index contributed by atoms with van der Waals surface area (Å²) < 4.78 is 52.8. The van der Waals surface area contributed by atoms with Crippen molar-refractivity contribution < 1.29 is 22.4 Å². The van der Waals surface area contributed by atoms with Gasteiger partial charge in [-0.05, 0) is 68.0 Å². The van der Waals surface area contributed by atoms with Crippen molar-refractivity contribution in [3.8, 4) is 0 Å². The fourth-order valence-corrected chi connectivity index (χ4v) is 4.98. The second-order valence-corrected chi connectivity index (χ2v) is 9.22. The molecular weight excluding hydrogens is 404 g/mol. The fraction of sp³-hybridized carbons (Fsp3) is 0.476. The number of hydrogen-bond donors (Lipinski definition) is 1. The number of aryl methyl sites for hydroxylation is 2. The molecule has 1 N–H and O–H groups in total. The molecule has 1 aliphatic carbocycles. The van der Waals surface area contributed by atoms with E-state index in [-0.39, 0.29) is 18.0 Å². The fourth-order valence-electron chi connectivity index (χ4n) is 4.03. The predicted molar refractivity (Wildman–Crippen MR) is 106 cm³/mol. The molecule has 1 saturated carbocycles. The third-order valence-electron chi connectivity index (χ3n) is 5.95. The minimum Gasteiger partial charge on any atom is -0.366 e. The Hall–Kier alpha value is -2.09. The summed E-state index contributed by atoms with van der Waals surface area (Å²) in [5, 5.41) is 2.52. The highest BCUT2D eigenvalue weighted by molar-refractivity contribution is 7.10. The van der Waals surface area contributed by atoms with Crippen LogP contribution in [0.25, 0.3) is 0 Å². The van der Waals surface area contributed by atoms with E-state index in [1.807, 2.05) is 26.0 Å². The Bertz CT molecular complexity index is 939. The molecule has 3 nitrogen and oxygen atoms in total. The van der Waals surface area contributed by atoms with E-state index in [1.54, 1.807) is 6.07 Å². The van der Waals surface area contributed by atoms with E-state index in [0.717, 1.165) is 51.6 Å². The lowest BCUT2D eigenvalue weighted by molar-refractivity contribution is -0.189. The molecule has 2 aromatic rings. The summed E-state index contributed by atoms with van der Waals surface area (Å²) in [6.45, 7) is 5.07. The Labute approximate surface area is 170 Å². The standard InChI is InChI=1S/C21H22F4N2OS/c1-12-7-15(27-6-3-14-9-17(22)29-16(14)11-27)8-13(2)19(12)26-18(28)10-20(4-5-20)21(23,24)25/h7-9H,3-6,10-11H2,1-2H3,(H,26,28). The highest BCUT2D eigenvalue weighted by Crippen LogP contribution is 2.60. The van der Waals surface area contributed by atoms with Crippen molar-refractivity contribution in [2.24, 2.45) is 5.41 Å². The molecular formula is C21H22F4N2OS.